The molecule has 7 nitrogen and oxygen atoms in total. The average Bonchev–Trinajstić information content (AvgIpc) is 3.18. The Morgan fingerprint density at radius 1 is 1.29 bits per heavy atom. The zero-order valence-electron chi connectivity index (χ0n) is 16.3. The molecular formula is C21H26O7. The Morgan fingerprint density at radius 2 is 2.04 bits per heavy atom. The quantitative estimate of drug-likeness (QED) is 0.774. The van der Waals surface area contributed by atoms with E-state index in [2.05, 4.69) is 0 Å². The number of Topliss-reactive ketones (excluding diaryl/α,β-unsaturated/α-hetero) is 1. The first-order chi connectivity index (χ1) is 13.2. The molecule has 28 heavy (non-hydrogen) atoms. The van der Waals surface area contributed by atoms with Gasteiger partial charge in [-0.25, -0.2) is 0 Å². The van der Waals surface area contributed by atoms with Gasteiger partial charge in [0.1, 0.15) is 12.2 Å². The third kappa shape index (κ3) is 2.55. The van der Waals surface area contributed by atoms with Crippen LogP contribution in [0.4, 0.5) is 0 Å². The topological polar surface area (TPSA) is 103 Å². The van der Waals surface area contributed by atoms with Crippen LogP contribution in [0.2, 0.25) is 0 Å². The summed E-state index contributed by atoms with van der Waals surface area (Å²) in [6, 6.07) is 1.75. The minimum Gasteiger partial charge on any atom is -0.472 e. The van der Waals surface area contributed by atoms with Crippen LogP contribution in [0.3, 0.4) is 0 Å². The second-order valence-electron chi connectivity index (χ2n) is 8.95. The van der Waals surface area contributed by atoms with Gasteiger partial charge in [0.15, 0.2) is 5.78 Å². The third-order valence-corrected chi connectivity index (χ3v) is 7.52. The molecule has 4 rings (SSSR count). The van der Waals surface area contributed by atoms with Gasteiger partial charge in [0, 0.05) is 11.5 Å². The molecule has 152 valence electrons. The van der Waals surface area contributed by atoms with Crippen LogP contribution in [-0.2, 0) is 23.9 Å². The number of carbonyl (C=O) groups is 3. The number of ether oxygens (including phenoxy) is 2. The van der Waals surface area contributed by atoms with Gasteiger partial charge < -0.3 is 19.0 Å². The summed E-state index contributed by atoms with van der Waals surface area (Å²) < 4.78 is 15.8. The molecule has 0 amide bonds. The molecule has 0 radical (unpaired) electrons. The number of hydrogen-bond acceptors (Lipinski definition) is 7. The zero-order valence-corrected chi connectivity index (χ0v) is 16.3. The third-order valence-electron chi connectivity index (χ3n) is 7.52. The molecule has 2 heterocycles. The summed E-state index contributed by atoms with van der Waals surface area (Å²) in [5.74, 6) is -2.68. The largest absolute Gasteiger partial charge is 0.472 e. The first-order valence-corrected chi connectivity index (χ1v) is 9.74. The van der Waals surface area contributed by atoms with Crippen molar-refractivity contribution < 1.29 is 33.4 Å². The molecule has 2 saturated carbocycles. The van der Waals surface area contributed by atoms with Gasteiger partial charge in [0.25, 0.3) is 0 Å². The second-order valence-corrected chi connectivity index (χ2v) is 8.95. The molecule has 1 aromatic rings. The van der Waals surface area contributed by atoms with Gasteiger partial charge in [-0.05, 0) is 42.6 Å². The van der Waals surface area contributed by atoms with Crippen molar-refractivity contribution in [1.29, 1.82) is 0 Å². The van der Waals surface area contributed by atoms with Gasteiger partial charge in [-0.3, -0.25) is 14.4 Å². The van der Waals surface area contributed by atoms with E-state index in [1.165, 1.54) is 13.4 Å². The molecule has 0 aromatic carbocycles. The van der Waals surface area contributed by atoms with Gasteiger partial charge in [-0.1, -0.05) is 13.8 Å². The summed E-state index contributed by atoms with van der Waals surface area (Å²) in [5, 5.41) is 10.5. The number of cyclic esters (lactones) is 1. The van der Waals surface area contributed by atoms with Gasteiger partial charge in [-0.2, -0.15) is 0 Å². The number of furan rings is 1. The number of hydrogen-bond donors (Lipinski definition) is 1. The van der Waals surface area contributed by atoms with Crippen LogP contribution >= 0.6 is 0 Å². The van der Waals surface area contributed by atoms with Crippen molar-refractivity contribution in [2.75, 3.05) is 7.11 Å². The number of fused-ring (bicyclic) bond motifs is 3. The fourth-order valence-corrected chi connectivity index (χ4v) is 6.17. The van der Waals surface area contributed by atoms with E-state index in [9.17, 15) is 19.5 Å². The molecule has 1 N–H and O–H groups in total. The van der Waals surface area contributed by atoms with Crippen LogP contribution in [0.15, 0.2) is 23.0 Å². The molecule has 7 heteroatoms. The Labute approximate surface area is 163 Å². The lowest BCUT2D eigenvalue weighted by Gasteiger charge is -2.60. The molecule has 3 fully saturated rings. The predicted molar refractivity (Wildman–Crippen MR) is 95.7 cm³/mol. The van der Waals surface area contributed by atoms with Gasteiger partial charge >= 0.3 is 11.9 Å². The van der Waals surface area contributed by atoms with E-state index in [4.69, 9.17) is 13.9 Å². The van der Waals surface area contributed by atoms with E-state index in [1.807, 2.05) is 13.8 Å². The van der Waals surface area contributed by atoms with Crippen LogP contribution in [0.1, 0.15) is 51.2 Å². The molecular weight excluding hydrogens is 364 g/mol. The van der Waals surface area contributed by atoms with E-state index in [0.29, 0.717) is 19.3 Å². The summed E-state index contributed by atoms with van der Waals surface area (Å²) in [4.78, 5) is 38.6. The smallest absolute Gasteiger partial charge is 0.310 e. The fourth-order valence-electron chi connectivity index (χ4n) is 6.17. The Hall–Kier alpha value is -2.15. The SMILES string of the molecule is COC(=O)[C@@H]1C[C@H](O)C(=O)C2[C@@]3(C)C[C@@H](c4ccoc4)OC(=O)C3CC[C@]21C. The zero-order chi connectivity index (χ0) is 20.3. The van der Waals surface area contributed by atoms with Crippen LogP contribution < -0.4 is 0 Å². The number of rotatable bonds is 2. The van der Waals surface area contributed by atoms with Crippen molar-refractivity contribution in [3.05, 3.63) is 24.2 Å². The molecule has 2 aliphatic carbocycles. The maximum Gasteiger partial charge on any atom is 0.310 e. The van der Waals surface area contributed by atoms with Crippen molar-refractivity contribution in [1.82, 2.24) is 0 Å². The molecule has 0 bridgehead atoms. The summed E-state index contributed by atoms with van der Waals surface area (Å²) in [5.41, 5.74) is -0.656. The van der Waals surface area contributed by atoms with Crippen molar-refractivity contribution in [2.45, 2.75) is 51.7 Å². The Kier molecular flexibility index (Phi) is 4.41. The van der Waals surface area contributed by atoms with E-state index >= 15 is 0 Å². The molecule has 7 atom stereocenters. The lowest BCUT2D eigenvalue weighted by molar-refractivity contribution is -0.207. The molecule has 2 unspecified atom stereocenters. The van der Waals surface area contributed by atoms with E-state index in [-0.39, 0.29) is 18.2 Å². The summed E-state index contributed by atoms with van der Waals surface area (Å²) in [7, 11) is 1.32. The van der Waals surface area contributed by atoms with Crippen molar-refractivity contribution in [2.24, 2.45) is 28.6 Å². The minimum absolute atomic E-state index is 0.0643. The standard InChI is InChI=1S/C21H26O7/c1-20-6-4-12-19(25)28-15(11-5-7-27-10-11)9-21(12,2)17(20)16(23)14(22)8-13(20)18(24)26-3/h5,7,10,12-15,17,22H,4,6,8-9H2,1-3H3/t12?,13-,14-,15-,17?,20-,21-/m0/s1. The molecule has 1 aliphatic heterocycles. The monoisotopic (exact) mass is 390 g/mol. The van der Waals surface area contributed by atoms with E-state index in [1.54, 1.807) is 12.3 Å². The molecule has 0 spiro atoms. The van der Waals surface area contributed by atoms with Crippen molar-refractivity contribution in [3.63, 3.8) is 0 Å². The minimum atomic E-state index is -1.23. The van der Waals surface area contributed by atoms with Gasteiger partial charge in [-0.15, -0.1) is 0 Å². The number of carbonyl (C=O) groups excluding carboxylic acids is 3. The summed E-state index contributed by atoms with van der Waals surface area (Å²) in [6.07, 6.45) is 2.88. The lowest BCUT2D eigenvalue weighted by Crippen LogP contribution is -2.64. The molecule has 1 aromatic heterocycles. The number of aliphatic hydroxyl groups excluding tert-OH is 1. The maximum atomic E-state index is 13.2. The Balaban J connectivity index is 1.79. The molecule has 1 saturated heterocycles. The number of ketones is 1. The second kappa shape index (κ2) is 6.44. The Morgan fingerprint density at radius 3 is 2.68 bits per heavy atom. The number of methoxy groups -OCH3 is 1. The first-order valence-electron chi connectivity index (χ1n) is 9.74. The Bertz CT molecular complexity index is 800. The van der Waals surface area contributed by atoms with Gasteiger partial charge in [0.05, 0.1) is 31.5 Å². The highest BCUT2D eigenvalue weighted by molar-refractivity contribution is 5.91. The highest BCUT2D eigenvalue weighted by Crippen LogP contribution is 2.64. The average molecular weight is 390 g/mol. The number of esters is 2. The lowest BCUT2D eigenvalue weighted by atomic mass is 9.43. The van der Waals surface area contributed by atoms with E-state index < -0.39 is 46.8 Å². The number of aliphatic hydroxyl groups is 1. The normalized spacial score (nSPS) is 42.9. The summed E-state index contributed by atoms with van der Waals surface area (Å²) >= 11 is 0. The van der Waals surface area contributed by atoms with Gasteiger partial charge in [0.2, 0.25) is 0 Å². The summed E-state index contributed by atoms with van der Waals surface area (Å²) in [6.45, 7) is 3.86. The highest BCUT2D eigenvalue weighted by atomic mass is 16.5. The van der Waals surface area contributed by atoms with Crippen LogP contribution in [0.5, 0.6) is 0 Å². The first kappa shape index (κ1) is 19.2. The van der Waals surface area contributed by atoms with Crippen molar-refractivity contribution in [3.8, 4) is 0 Å². The van der Waals surface area contributed by atoms with Crippen LogP contribution in [0, 0.1) is 28.6 Å². The van der Waals surface area contributed by atoms with E-state index in [0.717, 1.165) is 5.56 Å². The highest BCUT2D eigenvalue weighted by Gasteiger charge is 2.67. The fraction of sp³-hybridized carbons (Fsp3) is 0.667. The van der Waals surface area contributed by atoms with Crippen molar-refractivity contribution >= 4 is 17.7 Å². The van der Waals surface area contributed by atoms with Crippen LogP contribution in [-0.4, -0.2) is 36.0 Å². The molecule has 3 aliphatic rings. The predicted octanol–water partition coefficient (Wildman–Crippen LogP) is 2.43. The van der Waals surface area contributed by atoms with Crippen LogP contribution in [0.25, 0.3) is 0 Å². The maximum absolute atomic E-state index is 13.2.